The van der Waals surface area contributed by atoms with Gasteiger partial charge in [0, 0.05) is 18.7 Å². The molecule has 1 atom stereocenters. The Bertz CT molecular complexity index is 1120. The maximum atomic E-state index is 14.7. The Morgan fingerprint density at radius 3 is 2.69 bits per heavy atom. The molecular formula is C23H27ClF2N6O4. The van der Waals surface area contributed by atoms with Crippen LogP contribution in [0.1, 0.15) is 35.6 Å². The molecule has 2 saturated heterocycles. The number of nitrogens with one attached hydrogen (secondary N) is 1. The van der Waals surface area contributed by atoms with Crippen molar-refractivity contribution >= 4 is 23.4 Å². The molecule has 1 N–H and O–H groups in total. The molecule has 36 heavy (non-hydrogen) atoms. The number of ether oxygens (including phenoxy) is 3. The molecule has 2 aromatic heterocycles. The molecular weight excluding hydrogens is 498 g/mol. The molecule has 5 heterocycles. The Morgan fingerprint density at radius 1 is 1.19 bits per heavy atom. The molecule has 0 radical (unpaired) electrons. The molecule has 2 aromatic rings. The first-order chi connectivity index (χ1) is 17.3. The van der Waals surface area contributed by atoms with Gasteiger partial charge in [0.15, 0.2) is 0 Å². The summed E-state index contributed by atoms with van der Waals surface area (Å²) in [7, 11) is 0. The molecule has 2 amide bonds. The number of alkyl halides is 2. The van der Waals surface area contributed by atoms with Gasteiger partial charge in [-0.2, -0.15) is 8.78 Å². The minimum atomic E-state index is -3.24. The summed E-state index contributed by atoms with van der Waals surface area (Å²) in [6, 6.07) is 3.91. The van der Waals surface area contributed by atoms with E-state index in [9.17, 15) is 13.6 Å². The van der Waals surface area contributed by atoms with Crippen molar-refractivity contribution in [3.63, 3.8) is 0 Å². The molecule has 0 unspecified atom stereocenters. The fourth-order valence-electron chi connectivity index (χ4n) is 4.22. The zero-order chi connectivity index (χ0) is 25.3. The number of morpholine rings is 1. The molecule has 5 rings (SSSR count). The van der Waals surface area contributed by atoms with E-state index < -0.39 is 18.6 Å². The number of aromatic nitrogens is 3. The summed E-state index contributed by atoms with van der Waals surface area (Å²) in [5, 5.41) is 3.26. The molecule has 2 fully saturated rings. The number of hydrogen-bond donors (Lipinski definition) is 1. The van der Waals surface area contributed by atoms with Crippen molar-refractivity contribution in [1.82, 2.24) is 24.8 Å². The van der Waals surface area contributed by atoms with Crippen molar-refractivity contribution in [1.29, 1.82) is 0 Å². The number of amides is 2. The highest BCUT2D eigenvalue weighted by atomic mass is 35.5. The highest BCUT2D eigenvalue weighted by Gasteiger charge is 2.37. The van der Waals surface area contributed by atoms with Crippen molar-refractivity contribution in [3.05, 3.63) is 46.1 Å². The fraction of sp³-hybridized carbons (Fsp3) is 0.565. The second-order valence-corrected chi connectivity index (χ2v) is 9.33. The van der Waals surface area contributed by atoms with Crippen molar-refractivity contribution in [3.8, 4) is 0 Å². The van der Waals surface area contributed by atoms with E-state index >= 15 is 0 Å². The average Bonchev–Trinajstić information content (AvgIpc) is 3.27. The Hall–Kier alpha value is -2.67. The quantitative estimate of drug-likeness (QED) is 0.552. The Kier molecular flexibility index (Phi) is 7.20. The van der Waals surface area contributed by atoms with Crippen LogP contribution in [-0.2, 0) is 33.2 Å². The molecule has 10 nitrogen and oxygen atoms in total. The standard InChI is InChI=1S/C23H27ClF2N6O4/c1-14(17-3-2-4-19(28-17)23(25,26)13-36-15-11-35-12-15)27-20-16-9-32(10-18(16)29-21(24)30-20)22(33)31-5-7-34-8-6-31/h2-4,14-15H,5-13H2,1H3,(H,27,29,30)/t14-/m1/s1. The molecule has 13 heteroatoms. The summed E-state index contributed by atoms with van der Waals surface area (Å²) >= 11 is 6.17. The number of halogens is 3. The second-order valence-electron chi connectivity index (χ2n) is 8.99. The van der Waals surface area contributed by atoms with Gasteiger partial charge in [-0.05, 0) is 30.7 Å². The molecule has 0 bridgehead atoms. The third-order valence-corrected chi connectivity index (χ3v) is 6.53. The predicted octanol–water partition coefficient (Wildman–Crippen LogP) is 2.97. The van der Waals surface area contributed by atoms with Crippen molar-refractivity contribution in [2.24, 2.45) is 0 Å². The van der Waals surface area contributed by atoms with Crippen LogP contribution >= 0.6 is 11.6 Å². The summed E-state index contributed by atoms with van der Waals surface area (Å²) in [5.41, 5.74) is 1.42. The minimum absolute atomic E-state index is 0.0366. The third kappa shape index (κ3) is 5.36. The lowest BCUT2D eigenvalue weighted by Crippen LogP contribution is -2.46. The molecule has 0 saturated carbocycles. The Morgan fingerprint density at radius 2 is 1.97 bits per heavy atom. The second kappa shape index (κ2) is 10.4. The van der Waals surface area contributed by atoms with E-state index in [4.69, 9.17) is 25.8 Å². The number of carbonyl (C=O) groups excluding carboxylic acids is 1. The van der Waals surface area contributed by atoms with Crippen LogP contribution in [0, 0.1) is 0 Å². The first-order valence-electron chi connectivity index (χ1n) is 11.8. The third-order valence-electron chi connectivity index (χ3n) is 6.36. The Labute approximate surface area is 211 Å². The van der Waals surface area contributed by atoms with Gasteiger partial charge in [-0.3, -0.25) is 0 Å². The molecule has 194 valence electrons. The van der Waals surface area contributed by atoms with Crippen LogP contribution in [0.5, 0.6) is 0 Å². The van der Waals surface area contributed by atoms with Gasteiger partial charge in [0.25, 0.3) is 0 Å². The maximum absolute atomic E-state index is 14.7. The van der Waals surface area contributed by atoms with Gasteiger partial charge in [0.05, 0.1) is 56.9 Å². The largest absolute Gasteiger partial charge is 0.378 e. The van der Waals surface area contributed by atoms with Crippen LogP contribution in [0.15, 0.2) is 18.2 Å². The highest BCUT2D eigenvalue weighted by molar-refractivity contribution is 6.28. The first-order valence-corrected chi connectivity index (χ1v) is 12.2. The van der Waals surface area contributed by atoms with Gasteiger partial charge in [0.2, 0.25) is 5.28 Å². The Balaban J connectivity index is 1.29. The summed E-state index contributed by atoms with van der Waals surface area (Å²) in [4.78, 5) is 29.2. The van der Waals surface area contributed by atoms with Gasteiger partial charge in [-0.1, -0.05) is 6.07 Å². The smallest absolute Gasteiger partial charge is 0.320 e. The molecule has 3 aliphatic heterocycles. The van der Waals surface area contributed by atoms with E-state index in [2.05, 4.69) is 20.3 Å². The topological polar surface area (TPSA) is 102 Å². The van der Waals surface area contributed by atoms with Gasteiger partial charge < -0.3 is 29.3 Å². The van der Waals surface area contributed by atoms with E-state index in [1.165, 1.54) is 12.1 Å². The SMILES string of the molecule is C[C@@H](Nc1nc(Cl)nc2c1CN(C(=O)N1CCOCC1)C2)c1cccc(C(F)(F)COC2COC2)n1. The van der Waals surface area contributed by atoms with E-state index in [1.807, 2.05) is 0 Å². The zero-order valence-corrected chi connectivity index (χ0v) is 20.5. The van der Waals surface area contributed by atoms with Crippen LogP contribution in [0.25, 0.3) is 0 Å². The van der Waals surface area contributed by atoms with Crippen LogP contribution < -0.4 is 5.32 Å². The number of pyridine rings is 1. The zero-order valence-electron chi connectivity index (χ0n) is 19.8. The van der Waals surface area contributed by atoms with Crippen LogP contribution in [-0.4, -0.2) is 83.0 Å². The lowest BCUT2D eigenvalue weighted by molar-refractivity contribution is -0.176. The van der Waals surface area contributed by atoms with Gasteiger partial charge in [-0.25, -0.2) is 19.7 Å². The first kappa shape index (κ1) is 25.0. The number of hydrogen-bond acceptors (Lipinski definition) is 8. The summed E-state index contributed by atoms with van der Waals surface area (Å²) in [6.45, 7) is 4.38. The number of urea groups is 1. The number of carbonyl (C=O) groups is 1. The number of anilines is 1. The monoisotopic (exact) mass is 524 g/mol. The van der Waals surface area contributed by atoms with Crippen molar-refractivity contribution < 1.29 is 27.8 Å². The summed E-state index contributed by atoms with van der Waals surface area (Å²) < 4.78 is 44.9. The fourth-order valence-corrected chi connectivity index (χ4v) is 4.40. The van der Waals surface area contributed by atoms with Crippen LogP contribution in [0.4, 0.5) is 19.4 Å². The maximum Gasteiger partial charge on any atom is 0.320 e. The van der Waals surface area contributed by atoms with E-state index in [-0.39, 0.29) is 23.1 Å². The van der Waals surface area contributed by atoms with E-state index in [0.717, 1.165) is 5.56 Å². The van der Waals surface area contributed by atoms with Crippen molar-refractivity contribution in [2.75, 3.05) is 51.4 Å². The highest BCUT2D eigenvalue weighted by Crippen LogP contribution is 2.32. The predicted molar refractivity (Wildman–Crippen MR) is 125 cm³/mol. The van der Waals surface area contributed by atoms with Crippen LogP contribution in [0.2, 0.25) is 5.28 Å². The lowest BCUT2D eigenvalue weighted by Gasteiger charge is -2.30. The number of nitrogens with zero attached hydrogens (tertiary/aromatic N) is 5. The van der Waals surface area contributed by atoms with Crippen LogP contribution in [0.3, 0.4) is 0 Å². The molecule has 0 spiro atoms. The van der Waals surface area contributed by atoms with E-state index in [1.54, 1.807) is 22.8 Å². The van der Waals surface area contributed by atoms with Gasteiger partial charge in [0.1, 0.15) is 24.2 Å². The van der Waals surface area contributed by atoms with Gasteiger partial charge >= 0.3 is 12.0 Å². The van der Waals surface area contributed by atoms with Gasteiger partial charge in [-0.15, -0.1) is 0 Å². The molecule has 3 aliphatic rings. The average molecular weight is 525 g/mol. The molecule has 0 aliphatic carbocycles. The summed E-state index contributed by atoms with van der Waals surface area (Å²) in [6.07, 6.45) is -0.307. The number of rotatable bonds is 7. The normalized spacial score (nSPS) is 19.1. The summed E-state index contributed by atoms with van der Waals surface area (Å²) in [5.74, 6) is -2.80. The molecule has 0 aromatic carbocycles. The lowest BCUT2D eigenvalue weighted by atomic mass is 10.1. The minimum Gasteiger partial charge on any atom is -0.378 e. The van der Waals surface area contributed by atoms with Crippen molar-refractivity contribution in [2.45, 2.75) is 38.1 Å². The number of fused-ring (bicyclic) bond motifs is 1. The van der Waals surface area contributed by atoms with E-state index in [0.29, 0.717) is 69.8 Å².